The van der Waals surface area contributed by atoms with E-state index in [1.807, 2.05) is 46.4 Å². The van der Waals surface area contributed by atoms with Gasteiger partial charge in [-0.25, -0.2) is 0 Å². The van der Waals surface area contributed by atoms with Crippen molar-refractivity contribution in [3.8, 4) is 0 Å². The molecule has 178 valence electrons. The van der Waals surface area contributed by atoms with Crippen LogP contribution in [-0.2, 0) is 19.1 Å². The lowest BCUT2D eigenvalue weighted by atomic mass is 9.96. The smallest absolute Gasteiger partial charge is 0.320 e. The number of ether oxygens (including phenoxy) is 2. The van der Waals surface area contributed by atoms with E-state index >= 15 is 0 Å². The van der Waals surface area contributed by atoms with E-state index in [0.717, 1.165) is 26.2 Å². The molecule has 7 nitrogen and oxygen atoms in total. The van der Waals surface area contributed by atoms with Crippen LogP contribution < -0.4 is 0 Å². The van der Waals surface area contributed by atoms with Crippen molar-refractivity contribution in [3.05, 3.63) is 0 Å². The third kappa shape index (κ3) is 17.7. The van der Waals surface area contributed by atoms with Crippen LogP contribution in [0.25, 0.3) is 0 Å². The molecule has 7 heteroatoms. The fraction of sp³-hybridized carbons (Fsp3) is 0.913. The summed E-state index contributed by atoms with van der Waals surface area (Å²) in [6.07, 6.45) is 0. The molecule has 0 aliphatic heterocycles. The van der Waals surface area contributed by atoms with Crippen LogP contribution in [0.3, 0.4) is 0 Å². The third-order valence-corrected chi connectivity index (χ3v) is 3.84. The largest absolute Gasteiger partial charge is 0.459 e. The number of rotatable bonds is 11. The highest BCUT2D eigenvalue weighted by Crippen LogP contribution is 2.15. The molecule has 0 spiro atoms. The lowest BCUT2D eigenvalue weighted by Crippen LogP contribution is -2.45. The molecule has 0 amide bonds. The van der Waals surface area contributed by atoms with Gasteiger partial charge in [-0.15, -0.1) is 0 Å². The SMILES string of the molecule is CN(C)CCN(CCN(CC(=O)OC(C)(C)C)CC(=O)OC(C)(C)C)CC(C)(C)C. The fourth-order valence-corrected chi connectivity index (χ4v) is 2.89. The maximum Gasteiger partial charge on any atom is 0.320 e. The Morgan fingerprint density at radius 1 is 0.633 bits per heavy atom. The van der Waals surface area contributed by atoms with Crippen LogP contribution in [0.15, 0.2) is 0 Å². The van der Waals surface area contributed by atoms with Crippen molar-refractivity contribution in [1.29, 1.82) is 0 Å². The predicted octanol–water partition coefficient (Wildman–Crippen LogP) is 2.88. The van der Waals surface area contributed by atoms with Crippen molar-refractivity contribution in [3.63, 3.8) is 0 Å². The number of hydrogen-bond acceptors (Lipinski definition) is 7. The first kappa shape index (κ1) is 28.8. The zero-order valence-corrected chi connectivity index (χ0v) is 21.4. The summed E-state index contributed by atoms with van der Waals surface area (Å²) < 4.78 is 10.9. The van der Waals surface area contributed by atoms with E-state index in [2.05, 4.69) is 44.7 Å². The minimum Gasteiger partial charge on any atom is -0.459 e. The van der Waals surface area contributed by atoms with Gasteiger partial charge in [0.2, 0.25) is 0 Å². The Morgan fingerprint density at radius 3 is 1.33 bits per heavy atom. The van der Waals surface area contributed by atoms with Gasteiger partial charge in [0, 0.05) is 32.7 Å². The van der Waals surface area contributed by atoms with Crippen molar-refractivity contribution in [2.75, 3.05) is 59.9 Å². The molecule has 0 aliphatic rings. The highest BCUT2D eigenvalue weighted by Gasteiger charge is 2.24. The van der Waals surface area contributed by atoms with Crippen LogP contribution in [0.5, 0.6) is 0 Å². The molecule has 0 fully saturated rings. The molecule has 0 saturated heterocycles. The second-order valence-corrected chi connectivity index (χ2v) is 11.5. The van der Waals surface area contributed by atoms with Gasteiger partial charge < -0.3 is 19.3 Å². The van der Waals surface area contributed by atoms with Crippen LogP contribution in [0.4, 0.5) is 0 Å². The molecular weight excluding hydrogens is 382 g/mol. The Kier molecular flexibility index (Phi) is 11.5. The van der Waals surface area contributed by atoms with Crippen molar-refractivity contribution in [2.24, 2.45) is 5.41 Å². The van der Waals surface area contributed by atoms with Crippen LogP contribution >= 0.6 is 0 Å². The van der Waals surface area contributed by atoms with E-state index in [4.69, 9.17) is 9.47 Å². The molecule has 0 saturated carbocycles. The molecule has 0 radical (unpaired) electrons. The minimum atomic E-state index is -0.557. The number of hydrogen-bond donors (Lipinski definition) is 0. The van der Waals surface area contributed by atoms with Gasteiger partial charge in [-0.1, -0.05) is 20.8 Å². The highest BCUT2D eigenvalue weighted by atomic mass is 16.6. The molecule has 0 aliphatic carbocycles. The third-order valence-electron chi connectivity index (χ3n) is 3.84. The molecule has 0 unspecified atom stereocenters. The molecule has 30 heavy (non-hydrogen) atoms. The maximum atomic E-state index is 12.4. The average Bonchev–Trinajstić information content (AvgIpc) is 2.44. The molecule has 0 N–H and O–H groups in total. The first-order valence-electron chi connectivity index (χ1n) is 10.9. The van der Waals surface area contributed by atoms with Gasteiger partial charge in [-0.05, 0) is 61.1 Å². The summed E-state index contributed by atoms with van der Waals surface area (Å²) in [4.78, 5) is 31.2. The predicted molar refractivity (Wildman–Crippen MR) is 123 cm³/mol. The second-order valence-electron chi connectivity index (χ2n) is 11.5. The van der Waals surface area contributed by atoms with Gasteiger partial charge in [0.05, 0.1) is 13.1 Å². The van der Waals surface area contributed by atoms with Gasteiger partial charge in [0.15, 0.2) is 0 Å². The quantitative estimate of drug-likeness (QED) is 0.468. The second kappa shape index (κ2) is 12.0. The Balaban J connectivity index is 5.15. The van der Waals surface area contributed by atoms with Gasteiger partial charge in [0.1, 0.15) is 11.2 Å². The number of carbonyl (C=O) groups excluding carboxylic acids is 2. The first-order chi connectivity index (χ1) is 13.4. The summed E-state index contributed by atoms with van der Waals surface area (Å²) >= 11 is 0. The van der Waals surface area contributed by atoms with Gasteiger partial charge >= 0.3 is 11.9 Å². The van der Waals surface area contributed by atoms with Crippen LogP contribution in [0, 0.1) is 5.41 Å². The summed E-state index contributed by atoms with van der Waals surface area (Å²) in [6.45, 7) is 22.0. The monoisotopic (exact) mass is 429 g/mol. The number of esters is 2. The summed E-state index contributed by atoms with van der Waals surface area (Å²) in [5.74, 6) is -0.663. The molecular formula is C23H47N3O4. The fourth-order valence-electron chi connectivity index (χ4n) is 2.89. The standard InChI is InChI=1S/C23H47N3O4/c1-21(2,3)18-25(13-12-24(10)11)14-15-26(16-19(27)29-22(4,5)6)17-20(28)30-23(7,8)9/h12-18H2,1-11H3. The maximum absolute atomic E-state index is 12.4. The molecule has 0 rings (SSSR count). The molecule has 0 aromatic rings. The van der Waals surface area contributed by atoms with Crippen molar-refractivity contribution < 1.29 is 19.1 Å². The Hall–Kier alpha value is -1.18. The molecule has 0 aromatic carbocycles. The van der Waals surface area contributed by atoms with Crippen molar-refractivity contribution >= 4 is 11.9 Å². The topological polar surface area (TPSA) is 62.3 Å². The van der Waals surface area contributed by atoms with E-state index in [9.17, 15) is 9.59 Å². The van der Waals surface area contributed by atoms with Crippen LogP contribution in [-0.4, -0.2) is 97.7 Å². The van der Waals surface area contributed by atoms with Crippen molar-refractivity contribution in [1.82, 2.24) is 14.7 Å². The number of nitrogens with zero attached hydrogens (tertiary/aromatic N) is 3. The van der Waals surface area contributed by atoms with E-state index in [1.54, 1.807) is 0 Å². The van der Waals surface area contributed by atoms with E-state index < -0.39 is 11.2 Å². The Bertz CT molecular complexity index is 498. The number of likely N-dealkylation sites (N-methyl/N-ethyl adjacent to an activating group) is 1. The van der Waals surface area contributed by atoms with Crippen molar-refractivity contribution in [2.45, 2.75) is 73.5 Å². The summed E-state index contributed by atoms with van der Waals surface area (Å²) in [6, 6.07) is 0. The Morgan fingerprint density at radius 2 is 1.00 bits per heavy atom. The van der Waals surface area contributed by atoms with Crippen LogP contribution in [0.1, 0.15) is 62.3 Å². The number of carbonyl (C=O) groups is 2. The van der Waals surface area contributed by atoms with E-state index in [1.165, 1.54) is 0 Å². The van der Waals surface area contributed by atoms with Crippen LogP contribution in [0.2, 0.25) is 0 Å². The average molecular weight is 430 g/mol. The molecule has 0 bridgehead atoms. The lowest BCUT2D eigenvalue weighted by Gasteiger charge is -2.33. The van der Waals surface area contributed by atoms with E-state index in [-0.39, 0.29) is 30.4 Å². The molecule has 0 heterocycles. The molecule has 0 atom stereocenters. The zero-order chi connectivity index (χ0) is 23.8. The Labute approximate surface area is 185 Å². The normalized spacial score (nSPS) is 13.3. The minimum absolute atomic E-state index is 0.0630. The summed E-state index contributed by atoms with van der Waals surface area (Å²) in [7, 11) is 4.12. The molecule has 0 aromatic heterocycles. The van der Waals surface area contributed by atoms with Gasteiger partial charge in [-0.2, -0.15) is 0 Å². The summed E-state index contributed by atoms with van der Waals surface area (Å²) in [5, 5.41) is 0. The van der Waals surface area contributed by atoms with Gasteiger partial charge in [-0.3, -0.25) is 14.5 Å². The lowest BCUT2D eigenvalue weighted by molar-refractivity contribution is -0.160. The van der Waals surface area contributed by atoms with Gasteiger partial charge in [0.25, 0.3) is 0 Å². The zero-order valence-electron chi connectivity index (χ0n) is 21.4. The van der Waals surface area contributed by atoms with E-state index in [0.29, 0.717) is 6.54 Å². The summed E-state index contributed by atoms with van der Waals surface area (Å²) in [5.41, 5.74) is -0.954. The highest BCUT2D eigenvalue weighted by molar-refractivity contribution is 5.75. The first-order valence-corrected chi connectivity index (χ1v) is 10.9.